The average molecular weight is 319 g/mol. The van der Waals surface area contributed by atoms with E-state index in [1.165, 1.54) is 12.1 Å². The predicted molar refractivity (Wildman–Crippen MR) is 79.9 cm³/mol. The molecule has 2 rings (SSSR count). The van der Waals surface area contributed by atoms with Crippen LogP contribution in [0.4, 0.5) is 10.1 Å². The highest BCUT2D eigenvalue weighted by Crippen LogP contribution is 2.31. The van der Waals surface area contributed by atoms with Crippen molar-refractivity contribution in [2.45, 2.75) is 13.5 Å². The van der Waals surface area contributed by atoms with E-state index in [-0.39, 0.29) is 10.0 Å². The molecule has 0 fully saturated rings. The first-order valence-electron chi connectivity index (χ1n) is 5.61. The standard InChI is InChI=1S/C14H11Cl3FN/c1-8-2-3-9(4-11(8)15)7-19-14-12(16)5-10(18)6-13(14)17/h2-6,19H,7H2,1H3. The zero-order valence-corrected chi connectivity index (χ0v) is 12.4. The largest absolute Gasteiger partial charge is 0.379 e. The first kappa shape index (κ1) is 14.4. The van der Waals surface area contributed by atoms with Gasteiger partial charge in [-0.05, 0) is 36.2 Å². The molecule has 0 heterocycles. The molecular weight excluding hydrogens is 308 g/mol. The van der Waals surface area contributed by atoms with Crippen molar-refractivity contribution in [3.63, 3.8) is 0 Å². The van der Waals surface area contributed by atoms with Crippen molar-refractivity contribution in [3.8, 4) is 0 Å². The van der Waals surface area contributed by atoms with E-state index < -0.39 is 5.82 Å². The second-order valence-electron chi connectivity index (χ2n) is 4.18. The van der Waals surface area contributed by atoms with Gasteiger partial charge in [0.2, 0.25) is 0 Å². The van der Waals surface area contributed by atoms with Crippen molar-refractivity contribution in [1.29, 1.82) is 0 Å². The van der Waals surface area contributed by atoms with Gasteiger partial charge in [0.1, 0.15) is 5.82 Å². The second kappa shape index (κ2) is 6.00. The highest BCUT2D eigenvalue weighted by Gasteiger charge is 2.08. The van der Waals surface area contributed by atoms with E-state index in [0.717, 1.165) is 11.1 Å². The number of aryl methyl sites for hydroxylation is 1. The molecule has 0 aliphatic carbocycles. The summed E-state index contributed by atoms with van der Waals surface area (Å²) < 4.78 is 13.1. The van der Waals surface area contributed by atoms with E-state index in [9.17, 15) is 4.39 Å². The maximum Gasteiger partial charge on any atom is 0.126 e. The molecule has 1 N–H and O–H groups in total. The molecule has 5 heteroatoms. The van der Waals surface area contributed by atoms with Gasteiger partial charge in [-0.15, -0.1) is 0 Å². The molecule has 0 atom stereocenters. The highest BCUT2D eigenvalue weighted by molar-refractivity contribution is 6.39. The Morgan fingerprint density at radius 3 is 2.21 bits per heavy atom. The monoisotopic (exact) mass is 317 g/mol. The minimum Gasteiger partial charge on any atom is -0.379 e. The smallest absolute Gasteiger partial charge is 0.126 e. The van der Waals surface area contributed by atoms with Crippen molar-refractivity contribution in [1.82, 2.24) is 0 Å². The molecule has 2 aromatic rings. The third kappa shape index (κ3) is 3.53. The molecule has 0 unspecified atom stereocenters. The number of rotatable bonds is 3. The van der Waals surface area contributed by atoms with Gasteiger partial charge >= 0.3 is 0 Å². The van der Waals surface area contributed by atoms with Gasteiger partial charge in [0, 0.05) is 11.6 Å². The molecule has 0 aromatic heterocycles. The van der Waals surface area contributed by atoms with Crippen molar-refractivity contribution in [3.05, 3.63) is 62.3 Å². The molecule has 0 saturated carbocycles. The zero-order chi connectivity index (χ0) is 14.0. The number of hydrogen-bond donors (Lipinski definition) is 1. The van der Waals surface area contributed by atoms with E-state index in [4.69, 9.17) is 34.8 Å². The summed E-state index contributed by atoms with van der Waals surface area (Å²) >= 11 is 17.9. The van der Waals surface area contributed by atoms with Crippen LogP contribution in [0.15, 0.2) is 30.3 Å². The fourth-order valence-corrected chi connectivity index (χ4v) is 2.45. The van der Waals surface area contributed by atoms with Crippen molar-refractivity contribution in [2.75, 3.05) is 5.32 Å². The Labute approximate surface area is 126 Å². The molecule has 0 aliphatic rings. The number of anilines is 1. The second-order valence-corrected chi connectivity index (χ2v) is 5.40. The molecule has 0 bridgehead atoms. The number of benzene rings is 2. The summed E-state index contributed by atoms with van der Waals surface area (Å²) in [5.74, 6) is -0.459. The molecule has 0 radical (unpaired) electrons. The zero-order valence-electron chi connectivity index (χ0n) is 10.1. The normalized spacial score (nSPS) is 10.6. The molecular formula is C14H11Cl3FN. The maximum atomic E-state index is 13.1. The first-order valence-corrected chi connectivity index (χ1v) is 6.74. The van der Waals surface area contributed by atoms with Crippen LogP contribution in [0.1, 0.15) is 11.1 Å². The lowest BCUT2D eigenvalue weighted by molar-refractivity contribution is 0.628. The third-order valence-corrected chi connectivity index (χ3v) is 3.72. The maximum absolute atomic E-state index is 13.1. The number of halogens is 4. The molecule has 0 aliphatic heterocycles. The van der Waals surface area contributed by atoms with Crippen LogP contribution >= 0.6 is 34.8 Å². The van der Waals surface area contributed by atoms with Crippen LogP contribution < -0.4 is 5.32 Å². The Kier molecular flexibility index (Phi) is 4.56. The van der Waals surface area contributed by atoms with Crippen LogP contribution in [0.3, 0.4) is 0 Å². The minimum atomic E-state index is -0.459. The number of nitrogens with one attached hydrogen (secondary N) is 1. The predicted octanol–water partition coefficient (Wildman–Crippen LogP) is 5.71. The highest BCUT2D eigenvalue weighted by atomic mass is 35.5. The summed E-state index contributed by atoms with van der Waals surface area (Å²) in [6.07, 6.45) is 0. The lowest BCUT2D eigenvalue weighted by atomic mass is 10.1. The van der Waals surface area contributed by atoms with Crippen LogP contribution in [0.25, 0.3) is 0 Å². The van der Waals surface area contributed by atoms with Gasteiger partial charge in [-0.1, -0.05) is 46.9 Å². The minimum absolute atomic E-state index is 0.253. The Morgan fingerprint density at radius 2 is 1.63 bits per heavy atom. The summed E-state index contributed by atoms with van der Waals surface area (Å²) in [7, 11) is 0. The van der Waals surface area contributed by atoms with E-state index in [2.05, 4.69) is 5.32 Å². The van der Waals surface area contributed by atoms with E-state index in [1.54, 1.807) is 0 Å². The van der Waals surface area contributed by atoms with Crippen molar-refractivity contribution < 1.29 is 4.39 Å². The molecule has 2 aromatic carbocycles. The Hall–Kier alpha value is -0.960. The average Bonchev–Trinajstić information content (AvgIpc) is 2.32. The summed E-state index contributed by atoms with van der Waals surface area (Å²) in [5, 5.41) is 4.29. The van der Waals surface area contributed by atoms with E-state index >= 15 is 0 Å². The molecule has 0 spiro atoms. The van der Waals surface area contributed by atoms with Crippen LogP contribution in [0, 0.1) is 12.7 Å². The lowest BCUT2D eigenvalue weighted by Crippen LogP contribution is -2.01. The van der Waals surface area contributed by atoms with Gasteiger partial charge < -0.3 is 5.32 Å². The molecule has 0 amide bonds. The van der Waals surface area contributed by atoms with Gasteiger partial charge in [0.25, 0.3) is 0 Å². The van der Waals surface area contributed by atoms with Crippen molar-refractivity contribution in [2.24, 2.45) is 0 Å². The van der Waals surface area contributed by atoms with Crippen LogP contribution in [0.5, 0.6) is 0 Å². The molecule has 1 nitrogen and oxygen atoms in total. The quantitative estimate of drug-likeness (QED) is 0.764. The lowest BCUT2D eigenvalue weighted by Gasteiger charge is -2.11. The fraction of sp³-hybridized carbons (Fsp3) is 0.143. The summed E-state index contributed by atoms with van der Waals surface area (Å²) in [6, 6.07) is 8.21. The number of hydrogen-bond acceptors (Lipinski definition) is 1. The van der Waals surface area contributed by atoms with Gasteiger partial charge in [-0.3, -0.25) is 0 Å². The van der Waals surface area contributed by atoms with Crippen LogP contribution in [0.2, 0.25) is 15.1 Å². The Balaban J connectivity index is 2.16. The topological polar surface area (TPSA) is 12.0 Å². The van der Waals surface area contributed by atoms with Crippen LogP contribution in [-0.4, -0.2) is 0 Å². The van der Waals surface area contributed by atoms with Gasteiger partial charge in [0.15, 0.2) is 0 Å². The van der Waals surface area contributed by atoms with E-state index in [1.807, 2.05) is 25.1 Å². The van der Waals surface area contributed by atoms with Crippen molar-refractivity contribution >= 4 is 40.5 Å². The summed E-state index contributed by atoms with van der Waals surface area (Å²) in [4.78, 5) is 0. The first-order chi connectivity index (χ1) is 8.97. The molecule has 100 valence electrons. The van der Waals surface area contributed by atoms with Gasteiger partial charge in [0.05, 0.1) is 15.7 Å². The van der Waals surface area contributed by atoms with Gasteiger partial charge in [-0.25, -0.2) is 4.39 Å². The fourth-order valence-electron chi connectivity index (χ4n) is 1.65. The Morgan fingerprint density at radius 1 is 1.00 bits per heavy atom. The summed E-state index contributed by atoms with van der Waals surface area (Å²) in [5.41, 5.74) is 2.52. The third-order valence-electron chi connectivity index (χ3n) is 2.71. The molecule has 19 heavy (non-hydrogen) atoms. The van der Waals surface area contributed by atoms with Gasteiger partial charge in [-0.2, -0.15) is 0 Å². The summed E-state index contributed by atoms with van der Waals surface area (Å²) in [6.45, 7) is 2.44. The SMILES string of the molecule is Cc1ccc(CNc2c(Cl)cc(F)cc2Cl)cc1Cl. The molecule has 0 saturated heterocycles. The van der Waals surface area contributed by atoms with E-state index in [0.29, 0.717) is 17.3 Å². The Bertz CT molecular complexity index is 591. The van der Waals surface area contributed by atoms with Crippen LogP contribution in [-0.2, 0) is 6.54 Å².